The van der Waals surface area contributed by atoms with Crippen molar-refractivity contribution in [1.82, 2.24) is 10.2 Å². The third-order valence-electron chi connectivity index (χ3n) is 4.72. The second kappa shape index (κ2) is 9.91. The number of carbonyl (C=O) groups is 1. The molecule has 5 heteroatoms. The van der Waals surface area contributed by atoms with Crippen LogP contribution < -0.4 is 11.1 Å². The summed E-state index contributed by atoms with van der Waals surface area (Å²) in [6.07, 6.45) is 3.03. The van der Waals surface area contributed by atoms with Crippen LogP contribution in [0.3, 0.4) is 0 Å². The molecule has 1 aromatic carbocycles. The first-order chi connectivity index (χ1) is 10.6. The van der Waals surface area contributed by atoms with E-state index < -0.39 is 0 Å². The molecule has 2 rings (SSSR count). The molecule has 0 aromatic heterocycles. The minimum atomic E-state index is -0.383. The summed E-state index contributed by atoms with van der Waals surface area (Å²) in [5, 5.41) is 2.97. The van der Waals surface area contributed by atoms with Crippen molar-refractivity contribution >= 4 is 18.3 Å². The number of rotatable bonds is 7. The van der Waals surface area contributed by atoms with E-state index in [9.17, 15) is 4.79 Å². The Morgan fingerprint density at radius 1 is 1.35 bits per heavy atom. The molecule has 1 aromatic rings. The summed E-state index contributed by atoms with van der Waals surface area (Å²) in [5.41, 5.74) is 8.85. The number of nitrogens with zero attached hydrogens (tertiary/aromatic N) is 1. The Labute approximate surface area is 146 Å². The second-order valence-electron chi connectivity index (χ2n) is 6.35. The van der Waals surface area contributed by atoms with Gasteiger partial charge in [0.15, 0.2) is 0 Å². The van der Waals surface area contributed by atoms with E-state index in [0.717, 1.165) is 38.9 Å². The Kier molecular flexibility index (Phi) is 8.59. The van der Waals surface area contributed by atoms with Gasteiger partial charge < -0.3 is 11.1 Å². The maximum atomic E-state index is 11.9. The first-order valence-corrected chi connectivity index (χ1v) is 8.44. The summed E-state index contributed by atoms with van der Waals surface area (Å²) in [4.78, 5) is 14.4. The van der Waals surface area contributed by atoms with E-state index in [0.29, 0.717) is 6.54 Å². The van der Waals surface area contributed by atoms with Gasteiger partial charge in [-0.3, -0.25) is 9.69 Å². The van der Waals surface area contributed by atoms with E-state index in [4.69, 9.17) is 5.73 Å². The van der Waals surface area contributed by atoms with Crippen LogP contribution in [-0.4, -0.2) is 36.5 Å². The van der Waals surface area contributed by atoms with Crippen LogP contribution >= 0.6 is 12.4 Å². The minimum Gasteiger partial charge on any atom is -0.355 e. The first-order valence-electron chi connectivity index (χ1n) is 8.44. The lowest BCUT2D eigenvalue weighted by Crippen LogP contribution is -2.45. The first kappa shape index (κ1) is 19.9. The number of fused-ring (bicyclic) bond motifs is 1. The number of hydrogen-bond acceptors (Lipinski definition) is 3. The Balaban J connectivity index is 0.00000264. The summed E-state index contributed by atoms with van der Waals surface area (Å²) < 4.78 is 0. The monoisotopic (exact) mass is 339 g/mol. The molecular formula is C18H30ClN3O. The number of carbonyl (C=O) groups excluding carboxylic acids is 1. The zero-order valence-electron chi connectivity index (χ0n) is 14.3. The van der Waals surface area contributed by atoms with Gasteiger partial charge in [0.25, 0.3) is 0 Å². The maximum absolute atomic E-state index is 11.9. The standard InChI is InChI=1S/C18H29N3O.ClH/c1-3-14(2)17(19)18(22)20-10-6-11-21-12-9-15-7-4-5-8-16(15)13-21;/h4-5,7-8,14,17H,3,6,9-13,19H2,1-2H3,(H,20,22);1H. The molecule has 0 fully saturated rings. The quantitative estimate of drug-likeness (QED) is 0.750. The number of halogens is 1. The van der Waals surface area contributed by atoms with Crippen molar-refractivity contribution < 1.29 is 4.79 Å². The van der Waals surface area contributed by atoms with Crippen LogP contribution in [0.15, 0.2) is 24.3 Å². The smallest absolute Gasteiger partial charge is 0.237 e. The molecule has 1 heterocycles. The van der Waals surface area contributed by atoms with Gasteiger partial charge in [-0.1, -0.05) is 44.5 Å². The van der Waals surface area contributed by atoms with Crippen molar-refractivity contribution in [2.24, 2.45) is 11.7 Å². The van der Waals surface area contributed by atoms with Crippen LogP contribution in [0.4, 0.5) is 0 Å². The highest BCUT2D eigenvalue weighted by molar-refractivity contribution is 5.85. The zero-order valence-corrected chi connectivity index (χ0v) is 15.1. The van der Waals surface area contributed by atoms with E-state index in [-0.39, 0.29) is 30.3 Å². The van der Waals surface area contributed by atoms with E-state index in [1.54, 1.807) is 0 Å². The molecular weight excluding hydrogens is 310 g/mol. The third-order valence-corrected chi connectivity index (χ3v) is 4.72. The number of hydrogen-bond donors (Lipinski definition) is 2. The zero-order chi connectivity index (χ0) is 15.9. The van der Waals surface area contributed by atoms with E-state index in [1.165, 1.54) is 11.1 Å². The van der Waals surface area contributed by atoms with Gasteiger partial charge in [0.2, 0.25) is 5.91 Å². The molecule has 0 spiro atoms. The van der Waals surface area contributed by atoms with Crippen LogP contribution in [0.5, 0.6) is 0 Å². The molecule has 0 radical (unpaired) electrons. The second-order valence-corrected chi connectivity index (χ2v) is 6.35. The number of nitrogens with two attached hydrogens (primary N) is 1. The Hall–Kier alpha value is -1.10. The highest BCUT2D eigenvalue weighted by Crippen LogP contribution is 2.18. The van der Waals surface area contributed by atoms with E-state index in [2.05, 4.69) is 41.4 Å². The van der Waals surface area contributed by atoms with Crippen molar-refractivity contribution in [2.75, 3.05) is 19.6 Å². The lowest BCUT2D eigenvalue weighted by molar-refractivity contribution is -0.123. The predicted molar refractivity (Wildman–Crippen MR) is 97.7 cm³/mol. The van der Waals surface area contributed by atoms with Gasteiger partial charge in [0, 0.05) is 26.2 Å². The number of benzene rings is 1. The summed E-state index contributed by atoms with van der Waals surface area (Å²) in [6.45, 7) is 7.95. The molecule has 1 aliphatic heterocycles. The van der Waals surface area contributed by atoms with Gasteiger partial charge in [-0.25, -0.2) is 0 Å². The summed E-state index contributed by atoms with van der Waals surface area (Å²) in [6, 6.07) is 8.29. The Bertz CT molecular complexity index is 495. The molecule has 1 aliphatic rings. The van der Waals surface area contributed by atoms with Crippen LogP contribution in [0.1, 0.15) is 37.8 Å². The van der Waals surface area contributed by atoms with Gasteiger partial charge in [-0.2, -0.15) is 0 Å². The number of amides is 1. The van der Waals surface area contributed by atoms with E-state index in [1.807, 2.05) is 6.92 Å². The van der Waals surface area contributed by atoms with Gasteiger partial charge in [0.05, 0.1) is 6.04 Å². The van der Waals surface area contributed by atoms with Gasteiger partial charge in [-0.05, 0) is 29.9 Å². The molecule has 0 saturated carbocycles. The predicted octanol–water partition coefficient (Wildman–Crippen LogP) is 2.35. The molecule has 130 valence electrons. The van der Waals surface area contributed by atoms with Crippen LogP contribution in [0, 0.1) is 5.92 Å². The third kappa shape index (κ3) is 5.79. The topological polar surface area (TPSA) is 58.4 Å². The van der Waals surface area contributed by atoms with Crippen LogP contribution in [-0.2, 0) is 17.8 Å². The summed E-state index contributed by atoms with van der Waals surface area (Å²) >= 11 is 0. The number of nitrogens with one attached hydrogen (secondary N) is 1. The molecule has 23 heavy (non-hydrogen) atoms. The van der Waals surface area contributed by atoms with Gasteiger partial charge >= 0.3 is 0 Å². The molecule has 2 atom stereocenters. The average molecular weight is 340 g/mol. The lowest BCUT2D eigenvalue weighted by atomic mass is 9.99. The SMILES string of the molecule is CCC(C)C(N)C(=O)NCCCN1CCc2ccccc2C1.Cl. The van der Waals surface area contributed by atoms with Crippen molar-refractivity contribution in [3.05, 3.63) is 35.4 Å². The van der Waals surface area contributed by atoms with Gasteiger partial charge in [0.1, 0.15) is 0 Å². The fourth-order valence-corrected chi connectivity index (χ4v) is 2.89. The van der Waals surface area contributed by atoms with Crippen molar-refractivity contribution in [1.29, 1.82) is 0 Å². The molecule has 0 bridgehead atoms. The molecule has 2 unspecified atom stereocenters. The van der Waals surface area contributed by atoms with Gasteiger partial charge in [-0.15, -0.1) is 12.4 Å². The van der Waals surface area contributed by atoms with E-state index >= 15 is 0 Å². The molecule has 0 saturated heterocycles. The fourth-order valence-electron chi connectivity index (χ4n) is 2.89. The van der Waals surface area contributed by atoms with Crippen LogP contribution in [0.2, 0.25) is 0 Å². The largest absolute Gasteiger partial charge is 0.355 e. The molecule has 4 nitrogen and oxygen atoms in total. The Morgan fingerprint density at radius 3 is 2.74 bits per heavy atom. The summed E-state index contributed by atoms with van der Waals surface area (Å²) in [7, 11) is 0. The maximum Gasteiger partial charge on any atom is 0.237 e. The van der Waals surface area contributed by atoms with Crippen molar-refractivity contribution in [2.45, 2.75) is 45.7 Å². The highest BCUT2D eigenvalue weighted by atomic mass is 35.5. The normalized spacial score (nSPS) is 16.8. The molecule has 1 amide bonds. The average Bonchev–Trinajstić information content (AvgIpc) is 2.56. The fraction of sp³-hybridized carbons (Fsp3) is 0.611. The highest BCUT2D eigenvalue weighted by Gasteiger charge is 2.19. The minimum absolute atomic E-state index is 0. The van der Waals surface area contributed by atoms with Crippen LogP contribution in [0.25, 0.3) is 0 Å². The van der Waals surface area contributed by atoms with Crippen molar-refractivity contribution in [3.8, 4) is 0 Å². The Morgan fingerprint density at radius 2 is 2.04 bits per heavy atom. The molecule has 0 aliphatic carbocycles. The molecule has 3 N–H and O–H groups in total. The van der Waals surface area contributed by atoms with Crippen molar-refractivity contribution in [3.63, 3.8) is 0 Å². The summed E-state index contributed by atoms with van der Waals surface area (Å²) in [5.74, 6) is 0.219. The lowest BCUT2D eigenvalue weighted by Gasteiger charge is -2.28.